The molecule has 1 aromatic carbocycles. The second-order valence-electron chi connectivity index (χ2n) is 11.8. The second-order valence-corrected chi connectivity index (χ2v) is 12.2. The number of aliphatic imine (C=N–C) groups is 1. The van der Waals surface area contributed by atoms with Crippen LogP contribution in [-0.2, 0) is 12.3 Å². The molecule has 0 amide bonds. The van der Waals surface area contributed by atoms with E-state index >= 15 is 8.78 Å². The SMILES string of the molecule is C=C(C)CC[C@@](C)(Nc1c(Cl)c2c(c(C)c1C(C)=NC(=C)/C=C\C)CCC(F)(F)c1c(C)cc(N)nc1-2)[C@@H](C)CC. The van der Waals surface area contributed by atoms with E-state index in [1.807, 2.05) is 39.8 Å². The molecule has 7 heteroatoms. The van der Waals surface area contributed by atoms with Crippen molar-refractivity contribution >= 4 is 28.8 Å². The molecule has 0 spiro atoms. The molecule has 0 bridgehead atoms. The van der Waals surface area contributed by atoms with Crippen LogP contribution in [0.1, 0.15) is 95.0 Å². The van der Waals surface area contributed by atoms with Crippen molar-refractivity contribution in [3.63, 3.8) is 0 Å². The summed E-state index contributed by atoms with van der Waals surface area (Å²) in [4.78, 5) is 9.27. The molecular formula is C34H45ClF2N4. The smallest absolute Gasteiger partial charge is 0.275 e. The Labute approximate surface area is 249 Å². The number of anilines is 2. The molecule has 0 fully saturated rings. The second kappa shape index (κ2) is 12.5. The Hall–Kier alpha value is -2.99. The molecule has 1 aliphatic rings. The molecule has 0 saturated carbocycles. The van der Waals surface area contributed by atoms with Crippen LogP contribution in [-0.4, -0.2) is 16.2 Å². The molecule has 4 nitrogen and oxygen atoms in total. The van der Waals surface area contributed by atoms with E-state index in [2.05, 4.69) is 44.2 Å². The summed E-state index contributed by atoms with van der Waals surface area (Å²) in [5, 5.41) is 4.18. The minimum atomic E-state index is -3.08. The molecular weight excluding hydrogens is 538 g/mol. The van der Waals surface area contributed by atoms with E-state index in [4.69, 9.17) is 22.3 Å². The summed E-state index contributed by atoms with van der Waals surface area (Å²) in [5.41, 5.74) is 12.2. The molecule has 1 aliphatic carbocycles. The molecule has 1 heterocycles. The number of nitrogens with zero attached hydrogens (tertiary/aromatic N) is 2. The van der Waals surface area contributed by atoms with Crippen LogP contribution in [0.15, 0.2) is 47.6 Å². The van der Waals surface area contributed by atoms with Gasteiger partial charge in [0.2, 0.25) is 0 Å². The molecule has 222 valence electrons. The quantitative estimate of drug-likeness (QED) is 0.166. The first-order valence-electron chi connectivity index (χ1n) is 14.4. The Kier molecular flexibility index (Phi) is 9.90. The number of fused-ring (bicyclic) bond motifs is 3. The van der Waals surface area contributed by atoms with Crippen LogP contribution in [0.5, 0.6) is 0 Å². The summed E-state index contributed by atoms with van der Waals surface area (Å²) in [6, 6.07) is 1.51. The number of halogens is 3. The van der Waals surface area contributed by atoms with Gasteiger partial charge in [-0.3, -0.25) is 4.99 Å². The zero-order valence-corrected chi connectivity index (χ0v) is 26.6. The van der Waals surface area contributed by atoms with Crippen LogP contribution in [0.25, 0.3) is 11.3 Å². The lowest BCUT2D eigenvalue weighted by molar-refractivity contribution is -0.0124. The van der Waals surface area contributed by atoms with E-state index < -0.39 is 5.92 Å². The number of benzene rings is 1. The van der Waals surface area contributed by atoms with Gasteiger partial charge >= 0.3 is 0 Å². The highest BCUT2D eigenvalue weighted by molar-refractivity contribution is 6.37. The highest BCUT2D eigenvalue weighted by Crippen LogP contribution is 2.51. The summed E-state index contributed by atoms with van der Waals surface area (Å²) < 4.78 is 31.4. The number of aromatic nitrogens is 1. The van der Waals surface area contributed by atoms with Gasteiger partial charge < -0.3 is 11.1 Å². The average molecular weight is 583 g/mol. The van der Waals surface area contributed by atoms with Gasteiger partial charge in [0.1, 0.15) is 5.82 Å². The Morgan fingerprint density at radius 3 is 2.56 bits per heavy atom. The monoisotopic (exact) mass is 582 g/mol. The predicted molar refractivity (Wildman–Crippen MR) is 172 cm³/mol. The Bertz CT molecular complexity index is 1420. The average Bonchev–Trinajstić information content (AvgIpc) is 2.99. The van der Waals surface area contributed by atoms with Crippen molar-refractivity contribution in [3.05, 3.63) is 75.5 Å². The summed E-state index contributed by atoms with van der Waals surface area (Å²) >= 11 is 7.36. The number of hydrogen-bond donors (Lipinski definition) is 2. The fourth-order valence-corrected chi connectivity index (χ4v) is 6.26. The molecule has 41 heavy (non-hydrogen) atoms. The number of nitrogens with one attached hydrogen (secondary N) is 1. The maximum absolute atomic E-state index is 15.7. The maximum Gasteiger partial charge on any atom is 0.275 e. The van der Waals surface area contributed by atoms with E-state index in [0.717, 1.165) is 41.5 Å². The molecule has 0 aliphatic heterocycles. The fourth-order valence-electron chi connectivity index (χ4n) is 5.91. The zero-order chi connectivity index (χ0) is 30.9. The third-order valence-electron chi connectivity index (χ3n) is 8.56. The standard InChI is InChI=1S/C34H45ClF2N4/c1-11-13-22(7)39-24(9)27-23(8)25-15-17-34(36,37)29-20(5)18-26(38)40-31(29)28(25)30(35)32(27)41-33(10,21(6)12-2)16-14-19(3)4/h11,13,18,21,41H,3,7,12,14-17H2,1-2,4-6,8-10H3,(H2,38,40)/b13-11-,39-24?/t21-,33+/m0/s1. The minimum Gasteiger partial charge on any atom is -0.384 e. The molecule has 2 aromatic rings. The lowest BCUT2D eigenvalue weighted by Gasteiger charge is -2.39. The summed E-state index contributed by atoms with van der Waals surface area (Å²) in [5.74, 6) is -2.63. The van der Waals surface area contributed by atoms with Crippen molar-refractivity contribution in [2.45, 2.75) is 99.0 Å². The summed E-state index contributed by atoms with van der Waals surface area (Å²) in [7, 11) is 0. The number of alkyl halides is 2. The van der Waals surface area contributed by atoms with Gasteiger partial charge in [0.15, 0.2) is 0 Å². The molecule has 1 aromatic heterocycles. The van der Waals surface area contributed by atoms with E-state index in [-0.39, 0.29) is 41.4 Å². The van der Waals surface area contributed by atoms with Crippen molar-refractivity contribution in [1.29, 1.82) is 0 Å². The van der Waals surface area contributed by atoms with Crippen LogP contribution in [0.3, 0.4) is 0 Å². The van der Waals surface area contributed by atoms with Crippen molar-refractivity contribution in [3.8, 4) is 11.3 Å². The van der Waals surface area contributed by atoms with Crippen molar-refractivity contribution in [2.24, 2.45) is 10.9 Å². The van der Waals surface area contributed by atoms with E-state index in [1.165, 1.54) is 6.07 Å². The number of rotatable bonds is 10. The third-order valence-corrected chi connectivity index (χ3v) is 8.94. The van der Waals surface area contributed by atoms with Crippen LogP contribution in [0.4, 0.5) is 20.3 Å². The van der Waals surface area contributed by atoms with Gasteiger partial charge in [-0.1, -0.05) is 50.1 Å². The number of nitrogens with two attached hydrogens (primary N) is 1. The zero-order valence-electron chi connectivity index (χ0n) is 25.9. The maximum atomic E-state index is 15.7. The molecule has 0 saturated heterocycles. The topological polar surface area (TPSA) is 63.3 Å². The van der Waals surface area contributed by atoms with Crippen molar-refractivity contribution in [2.75, 3.05) is 11.1 Å². The highest BCUT2D eigenvalue weighted by atomic mass is 35.5. The largest absolute Gasteiger partial charge is 0.384 e. The first-order valence-corrected chi connectivity index (χ1v) is 14.8. The van der Waals surface area contributed by atoms with Gasteiger partial charge in [0.25, 0.3) is 5.92 Å². The van der Waals surface area contributed by atoms with Gasteiger partial charge in [-0.15, -0.1) is 6.58 Å². The molecule has 3 rings (SSSR count). The van der Waals surface area contributed by atoms with E-state index in [0.29, 0.717) is 33.2 Å². The van der Waals surface area contributed by atoms with Gasteiger partial charge in [-0.05, 0) is 95.6 Å². The van der Waals surface area contributed by atoms with Crippen LogP contribution < -0.4 is 11.1 Å². The normalized spacial score (nSPS) is 16.9. The molecule has 0 radical (unpaired) electrons. The lowest BCUT2D eigenvalue weighted by atomic mass is 9.79. The highest BCUT2D eigenvalue weighted by Gasteiger charge is 2.42. The Morgan fingerprint density at radius 2 is 1.98 bits per heavy atom. The molecule has 3 N–H and O–H groups in total. The van der Waals surface area contributed by atoms with Gasteiger partial charge in [-0.25, -0.2) is 13.8 Å². The number of pyridine rings is 1. The lowest BCUT2D eigenvalue weighted by Crippen LogP contribution is -2.42. The number of hydrogen-bond acceptors (Lipinski definition) is 4. The fraction of sp³-hybridized carbons (Fsp3) is 0.471. The van der Waals surface area contributed by atoms with Crippen molar-refractivity contribution < 1.29 is 8.78 Å². The van der Waals surface area contributed by atoms with Gasteiger partial charge in [0, 0.05) is 28.8 Å². The van der Waals surface area contributed by atoms with Crippen LogP contribution >= 0.6 is 11.6 Å². The van der Waals surface area contributed by atoms with E-state index in [9.17, 15) is 0 Å². The first kappa shape index (κ1) is 32.5. The van der Waals surface area contributed by atoms with Gasteiger partial charge in [-0.2, -0.15) is 0 Å². The number of nitrogen functional groups attached to an aromatic ring is 1. The molecule has 0 unspecified atom stereocenters. The summed E-state index contributed by atoms with van der Waals surface area (Å²) in [6.45, 7) is 24.2. The third kappa shape index (κ3) is 6.58. The van der Waals surface area contributed by atoms with Gasteiger partial charge in [0.05, 0.1) is 27.7 Å². The summed E-state index contributed by atoms with van der Waals surface area (Å²) in [6.07, 6.45) is 6.09. The van der Waals surface area contributed by atoms with Crippen LogP contribution in [0, 0.1) is 19.8 Å². The first-order chi connectivity index (χ1) is 19.1. The number of aryl methyl sites for hydroxylation is 1. The minimum absolute atomic E-state index is 0.107. The Morgan fingerprint density at radius 1 is 1.32 bits per heavy atom. The van der Waals surface area contributed by atoms with Crippen molar-refractivity contribution in [1.82, 2.24) is 4.98 Å². The predicted octanol–water partition coefficient (Wildman–Crippen LogP) is 10.1. The number of allylic oxidation sites excluding steroid dienone is 3. The molecule has 2 atom stereocenters. The Balaban J connectivity index is 2.47. The van der Waals surface area contributed by atoms with Crippen LogP contribution in [0.2, 0.25) is 5.02 Å². The van der Waals surface area contributed by atoms with E-state index in [1.54, 1.807) is 6.92 Å².